The first kappa shape index (κ1) is 13.2. The molecule has 0 radical (unpaired) electrons. The van der Waals surface area contributed by atoms with Crippen molar-refractivity contribution in [3.05, 3.63) is 23.9 Å². The number of pyridine rings is 1. The molecule has 2 N–H and O–H groups in total. The Morgan fingerprint density at radius 2 is 2.00 bits per heavy atom. The molecule has 0 spiro atoms. The van der Waals surface area contributed by atoms with E-state index in [0.29, 0.717) is 12.5 Å². The lowest BCUT2D eigenvalue weighted by molar-refractivity contribution is 0.141. The molecule has 2 unspecified atom stereocenters. The summed E-state index contributed by atoms with van der Waals surface area (Å²) in [7, 11) is 0. The first-order valence-electron chi connectivity index (χ1n) is 6.36. The van der Waals surface area contributed by atoms with E-state index in [0.717, 1.165) is 37.9 Å². The van der Waals surface area contributed by atoms with Crippen LogP contribution in [-0.2, 0) is 0 Å². The van der Waals surface area contributed by atoms with Crippen molar-refractivity contribution in [1.29, 1.82) is 0 Å². The zero-order valence-electron chi connectivity index (χ0n) is 10.2. The van der Waals surface area contributed by atoms with Crippen LogP contribution in [0.15, 0.2) is 12.3 Å². The molecule has 2 rings (SSSR count). The minimum Gasteiger partial charge on any atom is -0.396 e. The second-order valence-corrected chi connectivity index (χ2v) is 4.85. The molecule has 2 atom stereocenters. The monoisotopic (exact) mass is 256 g/mol. The van der Waals surface area contributed by atoms with Gasteiger partial charge in [0, 0.05) is 19.2 Å². The summed E-state index contributed by atoms with van der Waals surface area (Å²) in [5.74, 6) is -0.668. The number of anilines is 1. The summed E-state index contributed by atoms with van der Waals surface area (Å²) in [6.45, 7) is 0.743. The number of aromatic nitrogens is 1. The highest BCUT2D eigenvalue weighted by Gasteiger charge is 2.24. The zero-order valence-corrected chi connectivity index (χ0v) is 10.2. The molecule has 0 aromatic carbocycles. The standard InChI is InChI=1S/C13H18F2N2O/c14-11-5-12(15)13(17-7-11)16-6-9-3-1-2-4-10(9)8-18/h5,7,9-10,18H,1-4,6,8H2,(H,16,17). The first-order chi connectivity index (χ1) is 8.70. The second kappa shape index (κ2) is 6.09. The molecular weight excluding hydrogens is 238 g/mol. The number of aliphatic hydroxyl groups is 1. The van der Waals surface area contributed by atoms with E-state index in [1.54, 1.807) is 0 Å². The van der Waals surface area contributed by atoms with Crippen LogP contribution in [0.4, 0.5) is 14.6 Å². The predicted octanol–water partition coefficient (Wildman–Crippen LogP) is 2.57. The summed E-state index contributed by atoms with van der Waals surface area (Å²) in [5, 5.41) is 12.2. The summed E-state index contributed by atoms with van der Waals surface area (Å²) in [4.78, 5) is 3.69. The van der Waals surface area contributed by atoms with Crippen molar-refractivity contribution >= 4 is 5.82 Å². The molecule has 3 nitrogen and oxygen atoms in total. The van der Waals surface area contributed by atoms with Crippen LogP contribution in [0.3, 0.4) is 0 Å². The molecule has 1 aliphatic rings. The van der Waals surface area contributed by atoms with Crippen molar-refractivity contribution in [3.8, 4) is 0 Å². The lowest BCUT2D eigenvalue weighted by Gasteiger charge is -2.30. The largest absolute Gasteiger partial charge is 0.396 e. The summed E-state index contributed by atoms with van der Waals surface area (Å²) < 4.78 is 26.1. The normalized spacial score (nSPS) is 23.9. The van der Waals surface area contributed by atoms with Gasteiger partial charge in [-0.1, -0.05) is 12.8 Å². The van der Waals surface area contributed by atoms with Gasteiger partial charge < -0.3 is 10.4 Å². The van der Waals surface area contributed by atoms with E-state index in [4.69, 9.17) is 0 Å². The maximum atomic E-state index is 13.4. The van der Waals surface area contributed by atoms with E-state index in [1.807, 2.05) is 0 Å². The molecule has 1 saturated carbocycles. The summed E-state index contributed by atoms with van der Waals surface area (Å²) >= 11 is 0. The number of aliphatic hydroxyl groups excluding tert-OH is 1. The third-order valence-corrected chi connectivity index (χ3v) is 3.64. The number of rotatable bonds is 4. The molecule has 100 valence electrons. The van der Waals surface area contributed by atoms with Crippen molar-refractivity contribution in [2.75, 3.05) is 18.5 Å². The molecule has 0 saturated heterocycles. The van der Waals surface area contributed by atoms with Crippen LogP contribution in [0.1, 0.15) is 25.7 Å². The Kier molecular flexibility index (Phi) is 4.47. The highest BCUT2D eigenvalue weighted by molar-refractivity contribution is 5.35. The van der Waals surface area contributed by atoms with Crippen molar-refractivity contribution in [1.82, 2.24) is 4.98 Å². The van der Waals surface area contributed by atoms with E-state index in [-0.39, 0.29) is 18.3 Å². The van der Waals surface area contributed by atoms with Gasteiger partial charge in [-0.15, -0.1) is 0 Å². The molecule has 1 aromatic heterocycles. The van der Waals surface area contributed by atoms with Crippen LogP contribution in [0, 0.1) is 23.5 Å². The van der Waals surface area contributed by atoms with Crippen LogP contribution in [0.5, 0.6) is 0 Å². The molecule has 1 fully saturated rings. The van der Waals surface area contributed by atoms with Crippen molar-refractivity contribution < 1.29 is 13.9 Å². The summed E-state index contributed by atoms with van der Waals surface area (Å²) in [6.07, 6.45) is 5.33. The Balaban J connectivity index is 1.93. The van der Waals surface area contributed by atoms with Gasteiger partial charge in [-0.3, -0.25) is 0 Å². The smallest absolute Gasteiger partial charge is 0.168 e. The summed E-state index contributed by atoms with van der Waals surface area (Å²) in [6, 6.07) is 0.819. The number of halogens is 2. The molecule has 1 aromatic rings. The first-order valence-corrected chi connectivity index (χ1v) is 6.36. The maximum Gasteiger partial charge on any atom is 0.168 e. The van der Waals surface area contributed by atoms with E-state index in [9.17, 15) is 13.9 Å². The lowest BCUT2D eigenvalue weighted by atomic mass is 9.79. The van der Waals surface area contributed by atoms with Gasteiger partial charge in [0.15, 0.2) is 11.6 Å². The average molecular weight is 256 g/mol. The van der Waals surface area contributed by atoms with Gasteiger partial charge in [-0.05, 0) is 24.7 Å². The Hall–Kier alpha value is -1.23. The number of nitrogens with zero attached hydrogens (tertiary/aromatic N) is 1. The topological polar surface area (TPSA) is 45.1 Å². The summed E-state index contributed by atoms with van der Waals surface area (Å²) in [5.41, 5.74) is 0. The van der Waals surface area contributed by atoms with Crippen molar-refractivity contribution in [3.63, 3.8) is 0 Å². The fraction of sp³-hybridized carbons (Fsp3) is 0.615. The molecule has 1 aliphatic carbocycles. The van der Waals surface area contributed by atoms with Gasteiger partial charge in [0.05, 0.1) is 6.20 Å². The molecular formula is C13H18F2N2O. The maximum absolute atomic E-state index is 13.4. The third-order valence-electron chi connectivity index (χ3n) is 3.64. The van der Waals surface area contributed by atoms with E-state index < -0.39 is 11.6 Å². The van der Waals surface area contributed by atoms with Gasteiger partial charge in [0.2, 0.25) is 0 Å². The van der Waals surface area contributed by atoms with Crippen molar-refractivity contribution in [2.45, 2.75) is 25.7 Å². The Morgan fingerprint density at radius 1 is 1.28 bits per heavy atom. The van der Waals surface area contributed by atoms with Crippen LogP contribution in [0.2, 0.25) is 0 Å². The van der Waals surface area contributed by atoms with Crippen LogP contribution >= 0.6 is 0 Å². The number of hydrogen-bond donors (Lipinski definition) is 2. The SMILES string of the molecule is OCC1CCCCC1CNc1ncc(F)cc1F. The van der Waals surface area contributed by atoms with E-state index in [1.165, 1.54) is 0 Å². The van der Waals surface area contributed by atoms with Crippen LogP contribution in [0.25, 0.3) is 0 Å². The Bertz CT molecular complexity index is 401. The van der Waals surface area contributed by atoms with Gasteiger partial charge in [-0.2, -0.15) is 0 Å². The zero-order chi connectivity index (χ0) is 13.0. The van der Waals surface area contributed by atoms with E-state index in [2.05, 4.69) is 10.3 Å². The molecule has 1 heterocycles. The minimum absolute atomic E-state index is 0.0821. The second-order valence-electron chi connectivity index (χ2n) is 4.85. The average Bonchev–Trinajstić information content (AvgIpc) is 2.38. The molecule has 0 aliphatic heterocycles. The molecule has 0 amide bonds. The van der Waals surface area contributed by atoms with Gasteiger partial charge in [0.1, 0.15) is 5.82 Å². The fourth-order valence-electron chi connectivity index (χ4n) is 2.57. The van der Waals surface area contributed by atoms with Gasteiger partial charge in [-0.25, -0.2) is 13.8 Å². The number of nitrogens with one attached hydrogen (secondary N) is 1. The minimum atomic E-state index is -0.677. The fourth-order valence-corrected chi connectivity index (χ4v) is 2.57. The van der Waals surface area contributed by atoms with E-state index >= 15 is 0 Å². The quantitative estimate of drug-likeness (QED) is 0.870. The van der Waals surface area contributed by atoms with Crippen molar-refractivity contribution in [2.24, 2.45) is 11.8 Å². The predicted molar refractivity (Wildman–Crippen MR) is 65.2 cm³/mol. The molecule has 18 heavy (non-hydrogen) atoms. The lowest BCUT2D eigenvalue weighted by Crippen LogP contribution is -2.29. The number of hydrogen-bond acceptors (Lipinski definition) is 3. The Labute approximate surface area is 105 Å². The highest BCUT2D eigenvalue weighted by Crippen LogP contribution is 2.29. The Morgan fingerprint density at radius 3 is 2.67 bits per heavy atom. The van der Waals surface area contributed by atoms with Crippen LogP contribution in [-0.4, -0.2) is 23.2 Å². The highest BCUT2D eigenvalue weighted by atomic mass is 19.1. The molecule has 5 heteroatoms. The van der Waals surface area contributed by atoms with Gasteiger partial charge >= 0.3 is 0 Å². The third kappa shape index (κ3) is 3.16. The van der Waals surface area contributed by atoms with Crippen LogP contribution < -0.4 is 5.32 Å². The molecule has 0 bridgehead atoms. The van der Waals surface area contributed by atoms with Gasteiger partial charge in [0.25, 0.3) is 0 Å².